The lowest BCUT2D eigenvalue weighted by Crippen LogP contribution is -2.10. The van der Waals surface area contributed by atoms with Gasteiger partial charge in [0.2, 0.25) is 0 Å². The van der Waals surface area contributed by atoms with Gasteiger partial charge in [-0.15, -0.1) is 0 Å². The molecule has 2 heterocycles. The Morgan fingerprint density at radius 3 is 1.73 bits per heavy atom. The first kappa shape index (κ1) is 27.5. The van der Waals surface area contributed by atoms with Crippen molar-refractivity contribution in [3.8, 4) is 16.8 Å². The molecular formula is C46H30N2O. The van der Waals surface area contributed by atoms with Gasteiger partial charge < -0.3 is 13.9 Å². The van der Waals surface area contributed by atoms with Crippen molar-refractivity contribution in [2.45, 2.75) is 0 Å². The molecule has 0 atom stereocenters. The second kappa shape index (κ2) is 11.0. The van der Waals surface area contributed by atoms with E-state index in [9.17, 15) is 0 Å². The number of furan rings is 1. The van der Waals surface area contributed by atoms with Gasteiger partial charge in [-0.3, -0.25) is 0 Å². The van der Waals surface area contributed by atoms with Gasteiger partial charge in [-0.25, -0.2) is 0 Å². The number of para-hydroxylation sites is 4. The molecule has 3 heteroatoms. The van der Waals surface area contributed by atoms with Crippen LogP contribution in [0.3, 0.4) is 0 Å². The predicted octanol–water partition coefficient (Wildman–Crippen LogP) is 13.0. The van der Waals surface area contributed by atoms with Gasteiger partial charge in [-0.1, -0.05) is 109 Å². The Labute approximate surface area is 283 Å². The van der Waals surface area contributed by atoms with Crippen molar-refractivity contribution in [1.29, 1.82) is 0 Å². The molecule has 0 spiro atoms. The summed E-state index contributed by atoms with van der Waals surface area (Å²) in [6.45, 7) is 0. The summed E-state index contributed by atoms with van der Waals surface area (Å²) in [6, 6.07) is 64.8. The highest BCUT2D eigenvalue weighted by atomic mass is 16.3. The zero-order valence-electron chi connectivity index (χ0n) is 26.6. The highest BCUT2D eigenvalue weighted by Crippen LogP contribution is 2.46. The van der Waals surface area contributed by atoms with Crippen molar-refractivity contribution in [3.63, 3.8) is 0 Å². The van der Waals surface area contributed by atoms with Gasteiger partial charge in [-0.2, -0.15) is 0 Å². The van der Waals surface area contributed by atoms with E-state index in [1.165, 1.54) is 38.1 Å². The summed E-state index contributed by atoms with van der Waals surface area (Å²) in [5, 5.41) is 7.07. The first-order chi connectivity index (χ1) is 24.3. The zero-order chi connectivity index (χ0) is 32.3. The minimum atomic E-state index is 0.874. The van der Waals surface area contributed by atoms with E-state index < -0.39 is 0 Å². The average Bonchev–Trinajstić information content (AvgIpc) is 3.72. The highest BCUT2D eigenvalue weighted by Gasteiger charge is 2.22. The number of nitrogens with zero attached hydrogens (tertiary/aromatic N) is 2. The van der Waals surface area contributed by atoms with Gasteiger partial charge in [0.25, 0.3) is 0 Å². The van der Waals surface area contributed by atoms with Crippen molar-refractivity contribution >= 4 is 71.6 Å². The number of aromatic nitrogens is 1. The summed E-state index contributed by atoms with van der Waals surface area (Å²) in [5.41, 5.74) is 10.8. The fourth-order valence-corrected chi connectivity index (χ4v) is 7.54. The lowest BCUT2D eigenvalue weighted by atomic mass is 9.98. The third kappa shape index (κ3) is 4.37. The molecule has 0 saturated heterocycles. The fourth-order valence-electron chi connectivity index (χ4n) is 7.54. The molecular weight excluding hydrogens is 597 g/mol. The number of benzene rings is 8. The predicted molar refractivity (Wildman–Crippen MR) is 206 cm³/mol. The van der Waals surface area contributed by atoms with Crippen LogP contribution in [0.25, 0.3) is 71.3 Å². The number of rotatable bonds is 5. The molecule has 0 aliphatic rings. The quantitative estimate of drug-likeness (QED) is 0.190. The van der Waals surface area contributed by atoms with Crippen molar-refractivity contribution in [2.75, 3.05) is 4.90 Å². The molecule has 49 heavy (non-hydrogen) atoms. The van der Waals surface area contributed by atoms with Crippen LogP contribution in [0.1, 0.15) is 0 Å². The number of hydrogen-bond donors (Lipinski definition) is 0. The molecule has 10 aromatic rings. The number of anilines is 3. The minimum Gasteiger partial charge on any atom is -0.454 e. The molecule has 0 radical (unpaired) electrons. The molecule has 0 saturated carbocycles. The molecule has 10 rings (SSSR count). The van der Waals surface area contributed by atoms with Crippen LogP contribution in [0.4, 0.5) is 17.1 Å². The van der Waals surface area contributed by atoms with Gasteiger partial charge in [0.1, 0.15) is 5.58 Å². The van der Waals surface area contributed by atoms with E-state index in [2.05, 4.69) is 191 Å². The average molecular weight is 627 g/mol. The van der Waals surface area contributed by atoms with Gasteiger partial charge in [0.15, 0.2) is 5.58 Å². The molecule has 0 aliphatic heterocycles. The Kier molecular flexibility index (Phi) is 6.18. The van der Waals surface area contributed by atoms with Crippen molar-refractivity contribution in [3.05, 3.63) is 182 Å². The maximum atomic E-state index is 6.84. The maximum absolute atomic E-state index is 6.84. The number of fused-ring (bicyclic) bond motifs is 8. The second-order valence-electron chi connectivity index (χ2n) is 12.6. The summed E-state index contributed by atoms with van der Waals surface area (Å²) < 4.78 is 9.20. The summed E-state index contributed by atoms with van der Waals surface area (Å²) in [7, 11) is 0. The summed E-state index contributed by atoms with van der Waals surface area (Å²) in [6.07, 6.45) is 0. The van der Waals surface area contributed by atoms with Crippen LogP contribution in [0.15, 0.2) is 186 Å². The van der Waals surface area contributed by atoms with Crippen molar-refractivity contribution < 1.29 is 4.42 Å². The van der Waals surface area contributed by atoms with E-state index in [1.54, 1.807) is 0 Å². The largest absolute Gasteiger partial charge is 0.454 e. The summed E-state index contributed by atoms with van der Waals surface area (Å²) in [5.74, 6) is 0. The molecule has 0 amide bonds. The molecule has 8 aromatic carbocycles. The van der Waals surface area contributed by atoms with Crippen LogP contribution in [-0.4, -0.2) is 4.57 Å². The first-order valence-corrected chi connectivity index (χ1v) is 16.7. The smallest absolute Gasteiger partial charge is 0.160 e. The van der Waals surface area contributed by atoms with Gasteiger partial charge in [0.05, 0.1) is 16.7 Å². The fraction of sp³-hybridized carbons (Fsp3) is 0. The lowest BCUT2D eigenvalue weighted by molar-refractivity contribution is 0.669. The molecule has 0 aliphatic carbocycles. The molecule has 230 valence electrons. The Morgan fingerprint density at radius 1 is 0.429 bits per heavy atom. The topological polar surface area (TPSA) is 21.3 Å². The zero-order valence-corrected chi connectivity index (χ0v) is 26.6. The van der Waals surface area contributed by atoms with E-state index in [-0.39, 0.29) is 0 Å². The van der Waals surface area contributed by atoms with E-state index in [0.29, 0.717) is 0 Å². The first-order valence-electron chi connectivity index (χ1n) is 16.7. The molecule has 0 unspecified atom stereocenters. The monoisotopic (exact) mass is 626 g/mol. The Balaban J connectivity index is 1.21. The number of hydrogen-bond acceptors (Lipinski definition) is 2. The van der Waals surface area contributed by atoms with Crippen molar-refractivity contribution in [1.82, 2.24) is 4.57 Å². The molecule has 2 aromatic heterocycles. The van der Waals surface area contributed by atoms with Crippen LogP contribution in [0.5, 0.6) is 0 Å². The van der Waals surface area contributed by atoms with E-state index in [4.69, 9.17) is 4.42 Å². The molecule has 3 nitrogen and oxygen atoms in total. The van der Waals surface area contributed by atoms with E-state index in [1.807, 2.05) is 0 Å². The SMILES string of the molecule is c1ccc(N(c2ccccc2)c2cc3ccccc3c3c2oc2ccc(-c4ccc5c(c4)c4ccccc4n5-c4ccccc4)cc23)cc1. The van der Waals surface area contributed by atoms with Gasteiger partial charge in [-0.05, 0) is 94.7 Å². The highest BCUT2D eigenvalue weighted by molar-refractivity contribution is 6.23. The van der Waals surface area contributed by atoms with E-state index >= 15 is 0 Å². The molecule has 0 bridgehead atoms. The van der Waals surface area contributed by atoms with Gasteiger partial charge in [0, 0.05) is 38.6 Å². The third-order valence-corrected chi connectivity index (χ3v) is 9.73. The van der Waals surface area contributed by atoms with E-state index in [0.717, 1.165) is 50.3 Å². The second-order valence-corrected chi connectivity index (χ2v) is 12.6. The summed E-state index contributed by atoms with van der Waals surface area (Å²) >= 11 is 0. The molecule has 0 N–H and O–H groups in total. The lowest BCUT2D eigenvalue weighted by Gasteiger charge is -2.26. The van der Waals surface area contributed by atoms with Crippen LogP contribution in [0, 0.1) is 0 Å². The normalized spacial score (nSPS) is 11.7. The maximum Gasteiger partial charge on any atom is 0.160 e. The van der Waals surface area contributed by atoms with Crippen LogP contribution in [-0.2, 0) is 0 Å². The Bertz CT molecular complexity index is 2770. The van der Waals surface area contributed by atoms with Crippen LogP contribution in [0.2, 0.25) is 0 Å². The van der Waals surface area contributed by atoms with Crippen molar-refractivity contribution in [2.24, 2.45) is 0 Å². The standard InChI is InChI=1S/C46H30N2O/c1-4-15-34(16-5-1)47(35-17-6-2-7-18-35)43-30-33-14-10-11-21-37(33)45-40-29-32(25-27-44(40)49-46(43)45)31-24-26-42-39(28-31)38-22-12-13-23-41(38)48(42)36-19-8-3-9-20-36/h1-30H. The van der Waals surface area contributed by atoms with Gasteiger partial charge >= 0.3 is 0 Å². The minimum absolute atomic E-state index is 0.874. The Hall–Kier alpha value is -6.58. The Morgan fingerprint density at radius 2 is 1.00 bits per heavy atom. The van der Waals surface area contributed by atoms with Crippen LogP contribution >= 0.6 is 0 Å². The summed E-state index contributed by atoms with van der Waals surface area (Å²) in [4.78, 5) is 2.30. The molecule has 0 fully saturated rings. The third-order valence-electron chi connectivity index (χ3n) is 9.73. The van der Waals surface area contributed by atoms with Crippen LogP contribution < -0.4 is 4.90 Å².